The number of carbonyl (C=O) groups is 3. The molecule has 9 heteroatoms. The number of benzene rings is 2. The molecule has 1 N–H and O–H groups in total. The zero-order valence-corrected chi connectivity index (χ0v) is 18.5. The van der Waals surface area contributed by atoms with E-state index in [-0.39, 0.29) is 18.9 Å². The first-order valence-electron chi connectivity index (χ1n) is 8.72. The third kappa shape index (κ3) is 5.29. The van der Waals surface area contributed by atoms with Crippen LogP contribution in [-0.2, 0) is 19.1 Å². The zero-order chi connectivity index (χ0) is 21.1. The number of aryl methyl sites for hydroxylation is 1. The Bertz CT molecular complexity index is 983. The van der Waals surface area contributed by atoms with Crippen LogP contribution in [0.2, 0.25) is 10.0 Å². The molecule has 0 spiro atoms. The third-order valence-electron chi connectivity index (χ3n) is 4.47. The van der Waals surface area contributed by atoms with Gasteiger partial charge in [0.15, 0.2) is 6.61 Å². The van der Waals surface area contributed by atoms with E-state index in [1.807, 2.05) is 13.0 Å². The van der Waals surface area contributed by atoms with Crippen molar-refractivity contribution in [3.05, 3.63) is 56.5 Å². The van der Waals surface area contributed by atoms with Gasteiger partial charge in [0.2, 0.25) is 5.91 Å². The van der Waals surface area contributed by atoms with E-state index in [0.717, 1.165) is 5.56 Å². The molecule has 0 aromatic heterocycles. The summed E-state index contributed by atoms with van der Waals surface area (Å²) >= 11 is 15.4. The van der Waals surface area contributed by atoms with Gasteiger partial charge in [0.25, 0.3) is 5.91 Å². The first-order chi connectivity index (χ1) is 13.7. The minimum absolute atomic E-state index is 0.0221. The Morgan fingerprint density at radius 1 is 1.21 bits per heavy atom. The number of halogens is 3. The molecule has 1 saturated heterocycles. The van der Waals surface area contributed by atoms with E-state index < -0.39 is 24.4 Å². The highest BCUT2D eigenvalue weighted by atomic mass is 79.9. The average molecular weight is 500 g/mol. The van der Waals surface area contributed by atoms with Gasteiger partial charge in [-0.25, -0.2) is 0 Å². The van der Waals surface area contributed by atoms with Gasteiger partial charge in [-0.3, -0.25) is 14.4 Å². The number of esters is 1. The molecule has 0 radical (unpaired) electrons. The van der Waals surface area contributed by atoms with Crippen LogP contribution in [0.4, 0.5) is 11.4 Å². The molecule has 6 nitrogen and oxygen atoms in total. The van der Waals surface area contributed by atoms with Crippen LogP contribution in [0.15, 0.2) is 40.9 Å². The summed E-state index contributed by atoms with van der Waals surface area (Å²) < 4.78 is 5.79. The van der Waals surface area contributed by atoms with Crippen molar-refractivity contribution in [1.29, 1.82) is 0 Å². The minimum Gasteiger partial charge on any atom is -0.455 e. The predicted octanol–water partition coefficient (Wildman–Crippen LogP) is 4.60. The summed E-state index contributed by atoms with van der Waals surface area (Å²) in [6.07, 6.45) is 0.0221. The molecule has 0 bridgehead atoms. The molecule has 1 heterocycles. The Balaban J connectivity index is 1.54. The van der Waals surface area contributed by atoms with Gasteiger partial charge in [0, 0.05) is 33.8 Å². The second-order valence-corrected chi connectivity index (χ2v) is 8.29. The monoisotopic (exact) mass is 498 g/mol. The number of hydrogen-bond acceptors (Lipinski definition) is 4. The van der Waals surface area contributed by atoms with Crippen LogP contribution < -0.4 is 10.2 Å². The van der Waals surface area contributed by atoms with Crippen molar-refractivity contribution in [2.75, 3.05) is 23.4 Å². The van der Waals surface area contributed by atoms with Crippen LogP contribution in [-0.4, -0.2) is 30.9 Å². The fraction of sp³-hybridized carbons (Fsp3) is 0.250. The van der Waals surface area contributed by atoms with E-state index in [2.05, 4.69) is 21.2 Å². The lowest BCUT2D eigenvalue weighted by Gasteiger charge is -2.17. The number of amides is 2. The van der Waals surface area contributed by atoms with Crippen LogP contribution in [0.3, 0.4) is 0 Å². The Hall–Kier alpha value is -2.09. The maximum atomic E-state index is 12.3. The molecule has 3 rings (SSSR count). The van der Waals surface area contributed by atoms with Crippen LogP contribution in [0.5, 0.6) is 0 Å². The van der Waals surface area contributed by atoms with Gasteiger partial charge >= 0.3 is 5.97 Å². The molecular weight excluding hydrogens is 483 g/mol. The largest absolute Gasteiger partial charge is 0.455 e. The zero-order valence-electron chi connectivity index (χ0n) is 15.4. The van der Waals surface area contributed by atoms with Gasteiger partial charge < -0.3 is 15.0 Å². The van der Waals surface area contributed by atoms with Gasteiger partial charge in [0.05, 0.1) is 10.9 Å². The van der Waals surface area contributed by atoms with E-state index in [4.69, 9.17) is 27.9 Å². The average Bonchev–Trinajstić information content (AvgIpc) is 3.07. The number of hydrogen-bond donors (Lipinski definition) is 1. The van der Waals surface area contributed by atoms with Crippen molar-refractivity contribution in [3.63, 3.8) is 0 Å². The van der Waals surface area contributed by atoms with Crippen LogP contribution in [0, 0.1) is 12.8 Å². The fourth-order valence-corrected chi connectivity index (χ4v) is 3.49. The number of nitrogens with zero attached hydrogens (tertiary/aromatic N) is 1. The van der Waals surface area contributed by atoms with E-state index in [1.54, 1.807) is 30.3 Å². The van der Waals surface area contributed by atoms with Crippen molar-refractivity contribution in [1.82, 2.24) is 0 Å². The lowest BCUT2D eigenvalue weighted by molar-refractivity contribution is -0.151. The van der Waals surface area contributed by atoms with E-state index in [1.165, 1.54) is 4.90 Å². The fourth-order valence-electron chi connectivity index (χ4n) is 2.89. The molecule has 1 aliphatic rings. The number of rotatable bonds is 5. The molecule has 29 heavy (non-hydrogen) atoms. The second kappa shape index (κ2) is 9.15. The summed E-state index contributed by atoms with van der Waals surface area (Å²) in [6, 6.07) is 10.2. The van der Waals surface area contributed by atoms with Crippen molar-refractivity contribution in [3.8, 4) is 0 Å². The van der Waals surface area contributed by atoms with Gasteiger partial charge in [-0.2, -0.15) is 0 Å². The summed E-state index contributed by atoms with van der Waals surface area (Å²) in [5.41, 5.74) is 2.01. The lowest BCUT2D eigenvalue weighted by atomic mass is 10.1. The standard InChI is InChI=1S/C20H17BrCl2N2O4/c1-11-2-4-14(8-16(11)22)25-9-12(6-19(25)27)20(28)29-10-18(26)24-13-3-5-15(21)17(23)7-13/h2-5,7-8,12H,6,9-10H2,1H3,(H,24,26)/t12-/m1/s1. The van der Waals surface area contributed by atoms with Crippen molar-refractivity contribution in [2.45, 2.75) is 13.3 Å². The molecule has 1 aliphatic heterocycles. The lowest BCUT2D eigenvalue weighted by Crippen LogP contribution is -2.28. The van der Waals surface area contributed by atoms with Crippen LogP contribution >= 0.6 is 39.1 Å². The smallest absolute Gasteiger partial charge is 0.311 e. The van der Waals surface area contributed by atoms with Crippen molar-refractivity contribution < 1.29 is 19.1 Å². The molecule has 152 valence electrons. The van der Waals surface area contributed by atoms with Gasteiger partial charge in [-0.05, 0) is 58.7 Å². The summed E-state index contributed by atoms with van der Waals surface area (Å²) in [4.78, 5) is 38.1. The Morgan fingerprint density at radius 3 is 2.66 bits per heavy atom. The number of nitrogens with one attached hydrogen (secondary N) is 1. The van der Waals surface area contributed by atoms with Gasteiger partial charge in [-0.15, -0.1) is 0 Å². The molecule has 2 amide bonds. The maximum Gasteiger partial charge on any atom is 0.311 e. The Morgan fingerprint density at radius 2 is 1.97 bits per heavy atom. The molecule has 0 saturated carbocycles. The highest BCUT2D eigenvalue weighted by Crippen LogP contribution is 2.29. The molecule has 0 unspecified atom stereocenters. The van der Waals surface area contributed by atoms with Gasteiger partial charge in [-0.1, -0.05) is 29.3 Å². The summed E-state index contributed by atoms with van der Waals surface area (Å²) in [7, 11) is 0. The summed E-state index contributed by atoms with van der Waals surface area (Å²) in [5.74, 6) is -1.93. The first kappa shape index (κ1) is 21.6. The Labute approximate surface area is 186 Å². The summed E-state index contributed by atoms with van der Waals surface area (Å²) in [6.45, 7) is 1.60. The Kier molecular flexibility index (Phi) is 6.82. The minimum atomic E-state index is -0.641. The number of carbonyl (C=O) groups excluding carboxylic acids is 3. The van der Waals surface area contributed by atoms with Crippen LogP contribution in [0.25, 0.3) is 0 Å². The maximum absolute atomic E-state index is 12.3. The quantitative estimate of drug-likeness (QED) is 0.610. The van der Waals surface area contributed by atoms with Gasteiger partial charge in [0.1, 0.15) is 0 Å². The van der Waals surface area contributed by atoms with E-state index in [9.17, 15) is 14.4 Å². The first-order valence-corrected chi connectivity index (χ1v) is 10.3. The van der Waals surface area contributed by atoms with E-state index >= 15 is 0 Å². The normalized spacial score (nSPS) is 16.1. The molecule has 1 fully saturated rings. The van der Waals surface area contributed by atoms with Crippen molar-refractivity contribution in [2.24, 2.45) is 5.92 Å². The number of ether oxygens (including phenoxy) is 1. The topological polar surface area (TPSA) is 75.7 Å². The van der Waals surface area contributed by atoms with Crippen molar-refractivity contribution >= 4 is 68.3 Å². The second-order valence-electron chi connectivity index (χ2n) is 6.62. The molecule has 2 aromatic carbocycles. The molecule has 0 aliphatic carbocycles. The van der Waals surface area contributed by atoms with E-state index in [0.29, 0.717) is 25.9 Å². The number of anilines is 2. The van der Waals surface area contributed by atoms with Crippen LogP contribution in [0.1, 0.15) is 12.0 Å². The summed E-state index contributed by atoms with van der Waals surface area (Å²) in [5, 5.41) is 3.59. The molecule has 1 atom stereocenters. The highest BCUT2D eigenvalue weighted by Gasteiger charge is 2.36. The molecular formula is C20H17BrCl2N2O4. The highest BCUT2D eigenvalue weighted by molar-refractivity contribution is 9.10. The predicted molar refractivity (Wildman–Crippen MR) is 115 cm³/mol. The SMILES string of the molecule is Cc1ccc(N2C[C@H](C(=O)OCC(=O)Nc3ccc(Br)c(Cl)c3)CC2=O)cc1Cl. The third-order valence-corrected chi connectivity index (χ3v) is 6.11. The molecule has 2 aromatic rings.